The predicted molar refractivity (Wildman–Crippen MR) is 74.9 cm³/mol. The summed E-state index contributed by atoms with van der Waals surface area (Å²) in [5.41, 5.74) is 0.652. The molecule has 1 heterocycles. The van der Waals surface area contributed by atoms with Crippen LogP contribution >= 0.6 is 0 Å². The Balaban J connectivity index is 2.22. The van der Waals surface area contributed by atoms with E-state index in [9.17, 15) is 9.59 Å². The van der Waals surface area contributed by atoms with Crippen molar-refractivity contribution in [1.29, 1.82) is 0 Å². The summed E-state index contributed by atoms with van der Waals surface area (Å²) in [4.78, 5) is 25.0. The SMILES string of the molecule is CC(C)CCC(=O)N1CC(C(=O)O)Oc2ccccc21. The third-order valence-electron chi connectivity index (χ3n) is 3.29. The standard InChI is InChI=1S/C15H19NO4/c1-10(2)7-8-14(17)16-9-13(15(18)19)20-12-6-4-3-5-11(12)16/h3-6,10,13H,7-9H2,1-2H3,(H,18,19). The fourth-order valence-corrected chi connectivity index (χ4v) is 2.15. The van der Waals surface area contributed by atoms with Gasteiger partial charge in [-0.15, -0.1) is 0 Å². The Hall–Kier alpha value is -2.04. The third-order valence-corrected chi connectivity index (χ3v) is 3.29. The molecule has 1 N–H and O–H groups in total. The van der Waals surface area contributed by atoms with E-state index in [0.717, 1.165) is 6.42 Å². The number of carbonyl (C=O) groups excluding carboxylic acids is 1. The Kier molecular flexibility index (Phi) is 4.27. The highest BCUT2D eigenvalue weighted by atomic mass is 16.5. The number of hydrogen-bond acceptors (Lipinski definition) is 3. The van der Waals surface area contributed by atoms with E-state index in [1.54, 1.807) is 18.2 Å². The number of carboxylic acid groups (broad SMARTS) is 1. The Morgan fingerprint density at radius 1 is 1.40 bits per heavy atom. The molecule has 0 saturated carbocycles. The molecule has 1 unspecified atom stereocenters. The average Bonchev–Trinajstić information content (AvgIpc) is 2.43. The molecule has 108 valence electrons. The van der Waals surface area contributed by atoms with Crippen molar-refractivity contribution in [2.24, 2.45) is 5.92 Å². The minimum atomic E-state index is -1.05. The minimum absolute atomic E-state index is 0.0549. The molecule has 1 aliphatic heterocycles. The highest BCUT2D eigenvalue weighted by Gasteiger charge is 2.33. The van der Waals surface area contributed by atoms with E-state index < -0.39 is 12.1 Å². The molecular formula is C15H19NO4. The smallest absolute Gasteiger partial charge is 0.346 e. The van der Waals surface area contributed by atoms with E-state index in [2.05, 4.69) is 13.8 Å². The van der Waals surface area contributed by atoms with Gasteiger partial charge in [0.15, 0.2) is 0 Å². The Bertz CT molecular complexity index is 512. The lowest BCUT2D eigenvalue weighted by molar-refractivity contribution is -0.145. The van der Waals surface area contributed by atoms with Gasteiger partial charge in [0.2, 0.25) is 12.0 Å². The molecular weight excluding hydrogens is 258 g/mol. The first kappa shape index (κ1) is 14.4. The van der Waals surface area contributed by atoms with E-state index in [-0.39, 0.29) is 12.5 Å². The Labute approximate surface area is 118 Å². The van der Waals surface area contributed by atoms with Crippen LogP contribution in [0.2, 0.25) is 0 Å². The molecule has 0 aromatic heterocycles. The number of carbonyl (C=O) groups is 2. The number of fused-ring (bicyclic) bond motifs is 1. The van der Waals surface area contributed by atoms with E-state index in [1.165, 1.54) is 4.90 Å². The van der Waals surface area contributed by atoms with Crippen LogP contribution in [-0.4, -0.2) is 29.6 Å². The van der Waals surface area contributed by atoms with Crippen molar-refractivity contribution in [3.8, 4) is 5.75 Å². The first-order chi connectivity index (χ1) is 9.49. The van der Waals surface area contributed by atoms with Crippen molar-refractivity contribution in [3.05, 3.63) is 24.3 Å². The molecule has 5 nitrogen and oxygen atoms in total. The number of aliphatic carboxylic acids is 1. The van der Waals surface area contributed by atoms with Crippen LogP contribution in [0.1, 0.15) is 26.7 Å². The second-order valence-electron chi connectivity index (χ2n) is 5.35. The number of rotatable bonds is 4. The van der Waals surface area contributed by atoms with Crippen LogP contribution < -0.4 is 9.64 Å². The number of carboxylic acids is 1. The van der Waals surface area contributed by atoms with E-state index in [0.29, 0.717) is 23.8 Å². The molecule has 5 heteroatoms. The van der Waals surface area contributed by atoms with Gasteiger partial charge in [0, 0.05) is 6.42 Å². The summed E-state index contributed by atoms with van der Waals surface area (Å²) in [5, 5.41) is 9.12. The van der Waals surface area contributed by atoms with Crippen LogP contribution in [0.15, 0.2) is 24.3 Å². The van der Waals surface area contributed by atoms with Gasteiger partial charge in [0.1, 0.15) is 5.75 Å². The van der Waals surface area contributed by atoms with Gasteiger partial charge in [0.25, 0.3) is 0 Å². The lowest BCUT2D eigenvalue weighted by Crippen LogP contribution is -2.47. The number of benzene rings is 1. The number of hydrogen-bond donors (Lipinski definition) is 1. The normalized spacial score (nSPS) is 17.6. The summed E-state index contributed by atoms with van der Waals surface area (Å²) in [6.45, 7) is 4.17. The lowest BCUT2D eigenvalue weighted by atomic mass is 10.1. The van der Waals surface area contributed by atoms with Gasteiger partial charge in [-0.3, -0.25) is 4.79 Å². The van der Waals surface area contributed by atoms with Gasteiger partial charge in [-0.25, -0.2) is 4.79 Å². The maximum atomic E-state index is 12.3. The van der Waals surface area contributed by atoms with Gasteiger partial charge in [-0.2, -0.15) is 0 Å². The molecule has 1 aliphatic rings. The fraction of sp³-hybridized carbons (Fsp3) is 0.467. The number of para-hydroxylation sites is 2. The average molecular weight is 277 g/mol. The predicted octanol–water partition coefficient (Wildman–Crippen LogP) is 2.30. The summed E-state index contributed by atoms with van der Waals surface area (Å²) < 4.78 is 5.41. The molecule has 0 bridgehead atoms. The van der Waals surface area contributed by atoms with Crippen molar-refractivity contribution in [2.75, 3.05) is 11.4 Å². The second-order valence-corrected chi connectivity index (χ2v) is 5.35. The van der Waals surface area contributed by atoms with Crippen LogP contribution in [0.25, 0.3) is 0 Å². The van der Waals surface area contributed by atoms with E-state index in [1.807, 2.05) is 6.07 Å². The number of anilines is 1. The molecule has 1 aromatic carbocycles. The molecule has 20 heavy (non-hydrogen) atoms. The lowest BCUT2D eigenvalue weighted by Gasteiger charge is -2.33. The zero-order chi connectivity index (χ0) is 14.7. The zero-order valence-corrected chi connectivity index (χ0v) is 11.7. The highest BCUT2D eigenvalue weighted by molar-refractivity contribution is 5.96. The third kappa shape index (κ3) is 3.10. The van der Waals surface area contributed by atoms with Crippen LogP contribution in [0.4, 0.5) is 5.69 Å². The van der Waals surface area contributed by atoms with Crippen molar-refractivity contribution in [2.45, 2.75) is 32.8 Å². The number of ether oxygens (including phenoxy) is 1. The molecule has 0 saturated heterocycles. The van der Waals surface area contributed by atoms with Gasteiger partial charge in [-0.05, 0) is 24.5 Å². The van der Waals surface area contributed by atoms with E-state index in [4.69, 9.17) is 9.84 Å². The summed E-state index contributed by atoms with van der Waals surface area (Å²) in [6, 6.07) is 7.04. The summed E-state index contributed by atoms with van der Waals surface area (Å²) in [7, 11) is 0. The number of nitrogens with zero attached hydrogens (tertiary/aromatic N) is 1. The van der Waals surface area contributed by atoms with Crippen LogP contribution in [0.3, 0.4) is 0 Å². The molecule has 0 fully saturated rings. The molecule has 0 aliphatic carbocycles. The van der Waals surface area contributed by atoms with Gasteiger partial charge in [-0.1, -0.05) is 26.0 Å². The van der Waals surface area contributed by atoms with Gasteiger partial charge >= 0.3 is 5.97 Å². The molecule has 0 radical (unpaired) electrons. The monoisotopic (exact) mass is 277 g/mol. The largest absolute Gasteiger partial charge is 0.478 e. The van der Waals surface area contributed by atoms with Crippen LogP contribution in [-0.2, 0) is 9.59 Å². The van der Waals surface area contributed by atoms with Crippen LogP contribution in [0.5, 0.6) is 5.75 Å². The summed E-state index contributed by atoms with van der Waals surface area (Å²) in [5.74, 6) is -0.226. The topological polar surface area (TPSA) is 66.8 Å². The van der Waals surface area contributed by atoms with Crippen molar-refractivity contribution >= 4 is 17.6 Å². The summed E-state index contributed by atoms with van der Waals surface area (Å²) in [6.07, 6.45) is 0.196. The number of amides is 1. The minimum Gasteiger partial charge on any atom is -0.478 e. The first-order valence-electron chi connectivity index (χ1n) is 6.78. The molecule has 1 atom stereocenters. The van der Waals surface area contributed by atoms with E-state index >= 15 is 0 Å². The molecule has 1 amide bonds. The quantitative estimate of drug-likeness (QED) is 0.917. The van der Waals surface area contributed by atoms with Gasteiger partial charge < -0.3 is 14.7 Å². The van der Waals surface area contributed by atoms with Crippen molar-refractivity contribution < 1.29 is 19.4 Å². The zero-order valence-electron chi connectivity index (χ0n) is 11.7. The maximum Gasteiger partial charge on any atom is 0.346 e. The maximum absolute atomic E-state index is 12.3. The van der Waals surface area contributed by atoms with Crippen molar-refractivity contribution in [1.82, 2.24) is 0 Å². The first-order valence-corrected chi connectivity index (χ1v) is 6.78. The van der Waals surface area contributed by atoms with Gasteiger partial charge in [0.05, 0.1) is 12.2 Å². The van der Waals surface area contributed by atoms with Crippen LogP contribution in [0, 0.1) is 5.92 Å². The Morgan fingerprint density at radius 3 is 2.75 bits per heavy atom. The van der Waals surface area contributed by atoms with Crippen molar-refractivity contribution in [3.63, 3.8) is 0 Å². The summed E-state index contributed by atoms with van der Waals surface area (Å²) >= 11 is 0. The molecule has 1 aromatic rings. The molecule has 0 spiro atoms. The highest BCUT2D eigenvalue weighted by Crippen LogP contribution is 2.33. The molecule has 2 rings (SSSR count). The Morgan fingerprint density at radius 2 is 2.10 bits per heavy atom. The second kappa shape index (κ2) is 5.94. The fourth-order valence-electron chi connectivity index (χ4n) is 2.15.